The normalized spacial score (nSPS) is 20.7. The van der Waals surface area contributed by atoms with Crippen LogP contribution in [-0.2, 0) is 0 Å². The van der Waals surface area contributed by atoms with E-state index in [9.17, 15) is 13.9 Å². The van der Waals surface area contributed by atoms with Gasteiger partial charge in [-0.05, 0) is 45.7 Å². The van der Waals surface area contributed by atoms with E-state index in [1.807, 2.05) is 0 Å². The summed E-state index contributed by atoms with van der Waals surface area (Å²) in [6.07, 6.45) is 1.76. The van der Waals surface area contributed by atoms with Crippen molar-refractivity contribution in [2.45, 2.75) is 44.8 Å². The molecule has 2 nitrogen and oxygen atoms in total. The number of likely N-dealkylation sites (tertiary alicyclic amines) is 1. The van der Waals surface area contributed by atoms with Crippen LogP contribution in [0.25, 0.3) is 0 Å². The van der Waals surface area contributed by atoms with E-state index in [0.717, 1.165) is 25.5 Å². The molecule has 0 radical (unpaired) electrons. The molecule has 0 amide bonds. The van der Waals surface area contributed by atoms with Crippen molar-refractivity contribution in [2.24, 2.45) is 0 Å². The zero-order chi connectivity index (χ0) is 14.0. The van der Waals surface area contributed by atoms with Crippen LogP contribution in [0.1, 0.15) is 44.8 Å². The van der Waals surface area contributed by atoms with Gasteiger partial charge in [0.1, 0.15) is 0 Å². The second kappa shape index (κ2) is 5.55. The van der Waals surface area contributed by atoms with Crippen LogP contribution in [0.3, 0.4) is 0 Å². The highest BCUT2D eigenvalue weighted by Crippen LogP contribution is 2.30. The molecule has 1 aliphatic heterocycles. The molecule has 1 aliphatic rings. The van der Waals surface area contributed by atoms with Crippen molar-refractivity contribution in [3.05, 3.63) is 35.4 Å². The molecule has 1 unspecified atom stereocenters. The second-order valence-corrected chi connectivity index (χ2v) is 5.85. The minimum atomic E-state index is -0.952. The van der Waals surface area contributed by atoms with Gasteiger partial charge in [0.15, 0.2) is 11.6 Å². The van der Waals surface area contributed by atoms with E-state index >= 15 is 0 Å². The van der Waals surface area contributed by atoms with Crippen LogP contribution in [0.4, 0.5) is 8.78 Å². The summed E-state index contributed by atoms with van der Waals surface area (Å²) in [5.74, 6) is -1.84. The highest BCUT2D eigenvalue weighted by molar-refractivity contribution is 5.21. The Hall–Kier alpha value is -1.00. The summed E-state index contributed by atoms with van der Waals surface area (Å²) in [4.78, 5) is 2.30. The standard InChI is InChI=1S/C15H21F2NO/c1-15(2)8-4-9-18(15)10-7-13(19)11-5-3-6-12(16)14(11)17/h3,5-6,13,19H,4,7-10H2,1-2H3. The van der Waals surface area contributed by atoms with Gasteiger partial charge in [-0.2, -0.15) is 0 Å². The summed E-state index contributed by atoms with van der Waals surface area (Å²) < 4.78 is 26.7. The Balaban J connectivity index is 1.98. The van der Waals surface area contributed by atoms with Gasteiger partial charge in [-0.15, -0.1) is 0 Å². The number of aliphatic hydroxyl groups excluding tert-OH is 1. The zero-order valence-corrected chi connectivity index (χ0v) is 11.5. The molecule has 0 saturated carbocycles. The maximum absolute atomic E-state index is 13.6. The molecule has 1 heterocycles. The van der Waals surface area contributed by atoms with Crippen molar-refractivity contribution in [1.29, 1.82) is 0 Å². The van der Waals surface area contributed by atoms with Gasteiger partial charge in [-0.3, -0.25) is 4.90 Å². The quantitative estimate of drug-likeness (QED) is 0.907. The van der Waals surface area contributed by atoms with Crippen molar-refractivity contribution >= 4 is 0 Å². The molecule has 1 aromatic carbocycles. The first-order valence-corrected chi connectivity index (χ1v) is 6.79. The third kappa shape index (κ3) is 3.12. The van der Waals surface area contributed by atoms with Crippen LogP contribution in [0.5, 0.6) is 0 Å². The lowest BCUT2D eigenvalue weighted by Gasteiger charge is -2.32. The molecule has 0 spiro atoms. The van der Waals surface area contributed by atoms with E-state index in [1.54, 1.807) is 0 Å². The van der Waals surface area contributed by atoms with Gasteiger partial charge in [0.25, 0.3) is 0 Å². The number of hydrogen-bond donors (Lipinski definition) is 1. The summed E-state index contributed by atoms with van der Waals surface area (Å²) >= 11 is 0. The van der Waals surface area contributed by atoms with Gasteiger partial charge >= 0.3 is 0 Å². The summed E-state index contributed by atoms with van der Waals surface area (Å²) in [5.41, 5.74) is 0.192. The molecule has 0 bridgehead atoms. The Kier molecular flexibility index (Phi) is 4.21. The van der Waals surface area contributed by atoms with Gasteiger partial charge in [0.2, 0.25) is 0 Å². The van der Waals surface area contributed by atoms with E-state index in [2.05, 4.69) is 18.7 Å². The monoisotopic (exact) mass is 269 g/mol. The van der Waals surface area contributed by atoms with E-state index in [1.165, 1.54) is 12.1 Å². The van der Waals surface area contributed by atoms with Crippen molar-refractivity contribution in [1.82, 2.24) is 4.90 Å². The minimum Gasteiger partial charge on any atom is -0.388 e. The zero-order valence-electron chi connectivity index (χ0n) is 11.5. The van der Waals surface area contributed by atoms with Crippen molar-refractivity contribution in [3.63, 3.8) is 0 Å². The number of benzene rings is 1. The summed E-state index contributed by atoms with van der Waals surface area (Å²) in [5, 5.41) is 10.0. The number of halogens is 2. The van der Waals surface area contributed by atoms with Crippen molar-refractivity contribution in [3.8, 4) is 0 Å². The van der Waals surface area contributed by atoms with Crippen LogP contribution in [0.2, 0.25) is 0 Å². The molecule has 0 aliphatic carbocycles. The Morgan fingerprint density at radius 1 is 1.37 bits per heavy atom. The van der Waals surface area contributed by atoms with Crippen LogP contribution in [-0.4, -0.2) is 28.6 Å². The first-order chi connectivity index (χ1) is 8.92. The fraction of sp³-hybridized carbons (Fsp3) is 0.600. The van der Waals surface area contributed by atoms with E-state index < -0.39 is 17.7 Å². The molecule has 4 heteroatoms. The second-order valence-electron chi connectivity index (χ2n) is 5.85. The fourth-order valence-corrected chi connectivity index (χ4v) is 2.79. The molecular weight excluding hydrogens is 248 g/mol. The van der Waals surface area contributed by atoms with Crippen molar-refractivity contribution in [2.75, 3.05) is 13.1 Å². The van der Waals surface area contributed by atoms with Crippen molar-refractivity contribution < 1.29 is 13.9 Å². The number of rotatable bonds is 4. The predicted octanol–water partition coefficient (Wildman–Crippen LogP) is 3.26. The van der Waals surface area contributed by atoms with Gasteiger partial charge in [-0.1, -0.05) is 12.1 Å². The summed E-state index contributed by atoms with van der Waals surface area (Å²) in [6, 6.07) is 3.93. The lowest BCUT2D eigenvalue weighted by Crippen LogP contribution is -2.39. The van der Waals surface area contributed by atoms with Crippen LogP contribution >= 0.6 is 0 Å². The minimum absolute atomic E-state index is 0.0528. The van der Waals surface area contributed by atoms with Crippen LogP contribution in [0, 0.1) is 11.6 Å². The van der Waals surface area contributed by atoms with Crippen LogP contribution < -0.4 is 0 Å². The molecular formula is C15H21F2NO. The third-order valence-electron chi connectivity index (χ3n) is 4.09. The number of aliphatic hydroxyl groups is 1. The molecule has 1 saturated heterocycles. The van der Waals surface area contributed by atoms with Crippen LogP contribution in [0.15, 0.2) is 18.2 Å². The predicted molar refractivity (Wildman–Crippen MR) is 70.8 cm³/mol. The van der Waals surface area contributed by atoms with E-state index in [-0.39, 0.29) is 11.1 Å². The average Bonchev–Trinajstić information content (AvgIpc) is 2.69. The SMILES string of the molecule is CC1(C)CCCN1CCC(O)c1cccc(F)c1F. The van der Waals surface area contributed by atoms with Gasteiger partial charge in [-0.25, -0.2) is 8.78 Å². The smallest absolute Gasteiger partial charge is 0.164 e. The maximum Gasteiger partial charge on any atom is 0.164 e. The van der Waals surface area contributed by atoms with E-state index in [4.69, 9.17) is 0 Å². The lowest BCUT2D eigenvalue weighted by atomic mass is 10.0. The Bertz CT molecular complexity index is 448. The molecule has 2 rings (SSSR count). The first-order valence-electron chi connectivity index (χ1n) is 6.79. The topological polar surface area (TPSA) is 23.5 Å². The highest BCUT2D eigenvalue weighted by atomic mass is 19.2. The summed E-state index contributed by atoms with van der Waals surface area (Å²) in [6.45, 7) is 6.06. The molecule has 1 fully saturated rings. The largest absolute Gasteiger partial charge is 0.388 e. The van der Waals surface area contributed by atoms with E-state index in [0.29, 0.717) is 13.0 Å². The molecule has 19 heavy (non-hydrogen) atoms. The molecule has 1 N–H and O–H groups in total. The Morgan fingerprint density at radius 3 is 2.74 bits per heavy atom. The Morgan fingerprint density at radius 2 is 2.11 bits per heavy atom. The lowest BCUT2D eigenvalue weighted by molar-refractivity contribution is 0.112. The number of hydrogen-bond acceptors (Lipinski definition) is 2. The third-order valence-corrected chi connectivity index (χ3v) is 4.09. The average molecular weight is 269 g/mol. The maximum atomic E-state index is 13.6. The first kappa shape index (κ1) is 14.4. The molecule has 1 atom stereocenters. The molecule has 0 aromatic heterocycles. The summed E-state index contributed by atoms with van der Waals surface area (Å²) in [7, 11) is 0. The highest BCUT2D eigenvalue weighted by Gasteiger charge is 2.31. The van der Waals surface area contributed by atoms with Gasteiger partial charge < -0.3 is 5.11 Å². The van der Waals surface area contributed by atoms with Gasteiger partial charge in [0.05, 0.1) is 6.10 Å². The fourth-order valence-electron chi connectivity index (χ4n) is 2.79. The Labute approximate surface area is 113 Å². The number of nitrogens with zero attached hydrogens (tertiary/aromatic N) is 1. The molecule has 1 aromatic rings. The molecule has 106 valence electrons. The van der Waals surface area contributed by atoms with Gasteiger partial charge in [0, 0.05) is 17.6 Å².